The second-order valence-electron chi connectivity index (χ2n) is 8.00. The molecule has 30 heavy (non-hydrogen) atoms. The van der Waals surface area contributed by atoms with E-state index >= 15 is 0 Å². The van der Waals surface area contributed by atoms with Gasteiger partial charge in [0, 0.05) is 41.7 Å². The SMILES string of the molecule is O=C(COc1ccc2c(NC(=O)C3CC3)n[nH]c2c1)c1ccc(N2CCCC2)cc1. The topological polar surface area (TPSA) is 87.3 Å². The fraction of sp³-hybridized carbons (Fsp3) is 0.348. The summed E-state index contributed by atoms with van der Waals surface area (Å²) in [6.07, 6.45) is 4.34. The number of hydrogen-bond donors (Lipinski definition) is 2. The second kappa shape index (κ2) is 7.82. The summed E-state index contributed by atoms with van der Waals surface area (Å²) in [5.74, 6) is 1.18. The molecule has 2 aliphatic rings. The molecule has 1 aliphatic heterocycles. The van der Waals surface area contributed by atoms with Crippen LogP contribution in [0.4, 0.5) is 11.5 Å². The third kappa shape index (κ3) is 3.87. The highest BCUT2D eigenvalue weighted by Crippen LogP contribution is 2.31. The number of carbonyl (C=O) groups is 2. The van der Waals surface area contributed by atoms with Gasteiger partial charge in [-0.25, -0.2) is 0 Å². The van der Waals surface area contributed by atoms with Crippen molar-refractivity contribution >= 4 is 34.1 Å². The summed E-state index contributed by atoms with van der Waals surface area (Å²) < 4.78 is 5.70. The minimum Gasteiger partial charge on any atom is -0.485 e. The maximum atomic E-state index is 12.5. The van der Waals surface area contributed by atoms with Gasteiger partial charge in [-0.1, -0.05) is 0 Å². The highest BCUT2D eigenvalue weighted by Gasteiger charge is 2.30. The van der Waals surface area contributed by atoms with E-state index in [9.17, 15) is 9.59 Å². The predicted molar refractivity (Wildman–Crippen MR) is 115 cm³/mol. The number of ether oxygens (including phenoxy) is 1. The van der Waals surface area contributed by atoms with Gasteiger partial charge < -0.3 is 15.0 Å². The molecule has 2 heterocycles. The van der Waals surface area contributed by atoms with E-state index in [0.717, 1.165) is 36.8 Å². The number of hydrogen-bond acceptors (Lipinski definition) is 5. The summed E-state index contributed by atoms with van der Waals surface area (Å²) in [6, 6.07) is 13.2. The van der Waals surface area contributed by atoms with Gasteiger partial charge in [-0.2, -0.15) is 5.10 Å². The third-order valence-corrected chi connectivity index (χ3v) is 5.75. The number of ketones is 1. The van der Waals surface area contributed by atoms with Gasteiger partial charge in [-0.3, -0.25) is 14.7 Å². The largest absolute Gasteiger partial charge is 0.485 e. The summed E-state index contributed by atoms with van der Waals surface area (Å²) in [7, 11) is 0. The first-order valence-corrected chi connectivity index (χ1v) is 10.5. The highest BCUT2D eigenvalue weighted by atomic mass is 16.5. The zero-order valence-corrected chi connectivity index (χ0v) is 16.7. The van der Waals surface area contributed by atoms with Crippen LogP contribution in [0.15, 0.2) is 42.5 Å². The van der Waals surface area contributed by atoms with Crippen LogP contribution in [0, 0.1) is 5.92 Å². The molecule has 0 spiro atoms. The van der Waals surface area contributed by atoms with Crippen LogP contribution in [0.2, 0.25) is 0 Å². The number of aromatic nitrogens is 2. The lowest BCUT2D eigenvalue weighted by Gasteiger charge is -2.17. The van der Waals surface area contributed by atoms with Crippen molar-refractivity contribution in [2.45, 2.75) is 25.7 Å². The monoisotopic (exact) mass is 404 g/mol. The summed E-state index contributed by atoms with van der Waals surface area (Å²) in [5, 5.41) is 10.8. The van der Waals surface area contributed by atoms with Crippen LogP contribution < -0.4 is 15.0 Å². The molecule has 1 aliphatic carbocycles. The average molecular weight is 404 g/mol. The first-order valence-electron chi connectivity index (χ1n) is 10.5. The van der Waals surface area contributed by atoms with Crippen LogP contribution in [0.25, 0.3) is 10.9 Å². The van der Waals surface area contributed by atoms with Crippen LogP contribution in [-0.2, 0) is 4.79 Å². The first kappa shape index (κ1) is 18.7. The number of amides is 1. The molecule has 7 nitrogen and oxygen atoms in total. The Bertz CT molecular complexity index is 1080. The number of fused-ring (bicyclic) bond motifs is 1. The lowest BCUT2D eigenvalue weighted by molar-refractivity contribution is -0.117. The zero-order valence-electron chi connectivity index (χ0n) is 16.7. The fourth-order valence-electron chi connectivity index (χ4n) is 3.81. The van der Waals surface area contributed by atoms with Gasteiger partial charge in [0.15, 0.2) is 18.2 Å². The fourth-order valence-corrected chi connectivity index (χ4v) is 3.81. The number of H-pyrrole nitrogens is 1. The molecule has 1 amide bonds. The molecule has 3 aromatic rings. The van der Waals surface area contributed by atoms with Crippen LogP contribution in [0.1, 0.15) is 36.0 Å². The molecule has 1 saturated heterocycles. The van der Waals surface area contributed by atoms with E-state index in [1.165, 1.54) is 18.5 Å². The highest BCUT2D eigenvalue weighted by molar-refractivity contribution is 6.01. The molecule has 0 bridgehead atoms. The Balaban J connectivity index is 1.21. The number of carbonyl (C=O) groups excluding carboxylic acids is 2. The van der Waals surface area contributed by atoms with Gasteiger partial charge in [-0.05, 0) is 62.1 Å². The Kier molecular flexibility index (Phi) is 4.86. The molecule has 154 valence electrons. The molecule has 0 radical (unpaired) electrons. The standard InChI is InChI=1S/C23H24N4O3/c28-21(15-5-7-17(8-6-15)27-11-1-2-12-27)14-30-18-9-10-19-20(13-18)25-26-22(19)24-23(29)16-3-4-16/h5-10,13,16H,1-4,11-12,14H2,(H2,24,25,26,29). The summed E-state index contributed by atoms with van der Waals surface area (Å²) >= 11 is 0. The number of rotatable bonds is 7. The molecule has 2 N–H and O–H groups in total. The van der Waals surface area contributed by atoms with Gasteiger partial charge >= 0.3 is 0 Å². The molecule has 0 atom stereocenters. The minimum atomic E-state index is -0.0648. The third-order valence-electron chi connectivity index (χ3n) is 5.75. The maximum absolute atomic E-state index is 12.5. The van der Waals surface area contributed by atoms with E-state index in [0.29, 0.717) is 17.1 Å². The number of aromatic amines is 1. The van der Waals surface area contributed by atoms with Crippen molar-refractivity contribution in [2.75, 3.05) is 29.9 Å². The average Bonchev–Trinajstić information content (AvgIpc) is 3.34. The van der Waals surface area contributed by atoms with Gasteiger partial charge in [0.2, 0.25) is 5.91 Å². The van der Waals surface area contributed by atoms with Crippen molar-refractivity contribution in [1.82, 2.24) is 10.2 Å². The van der Waals surface area contributed by atoms with Gasteiger partial charge in [0.25, 0.3) is 0 Å². The molecule has 0 unspecified atom stereocenters. The summed E-state index contributed by atoms with van der Waals surface area (Å²) in [4.78, 5) is 26.8. The molecular formula is C23H24N4O3. The van der Waals surface area contributed by atoms with Crippen molar-refractivity contribution in [3.8, 4) is 5.75 Å². The Morgan fingerprint density at radius 3 is 2.60 bits per heavy atom. The summed E-state index contributed by atoms with van der Waals surface area (Å²) in [5.41, 5.74) is 2.56. The summed E-state index contributed by atoms with van der Waals surface area (Å²) in [6.45, 7) is 2.13. The van der Waals surface area contributed by atoms with E-state index in [1.54, 1.807) is 12.1 Å². The molecule has 2 fully saturated rings. The van der Waals surface area contributed by atoms with Crippen molar-refractivity contribution < 1.29 is 14.3 Å². The van der Waals surface area contributed by atoms with E-state index in [-0.39, 0.29) is 24.2 Å². The van der Waals surface area contributed by atoms with Crippen molar-refractivity contribution in [1.29, 1.82) is 0 Å². The minimum absolute atomic E-state index is 0.0186. The van der Waals surface area contributed by atoms with Crippen LogP contribution in [0.3, 0.4) is 0 Å². The lowest BCUT2D eigenvalue weighted by Crippen LogP contribution is -2.17. The molecule has 1 aromatic heterocycles. The number of benzene rings is 2. The Hall–Kier alpha value is -3.35. The van der Waals surface area contributed by atoms with Gasteiger partial charge in [-0.15, -0.1) is 0 Å². The van der Waals surface area contributed by atoms with E-state index < -0.39 is 0 Å². The Labute approximate surface area is 174 Å². The lowest BCUT2D eigenvalue weighted by atomic mass is 10.1. The second-order valence-corrected chi connectivity index (χ2v) is 8.00. The number of nitrogens with zero attached hydrogens (tertiary/aromatic N) is 2. The van der Waals surface area contributed by atoms with E-state index in [2.05, 4.69) is 20.4 Å². The number of nitrogens with one attached hydrogen (secondary N) is 2. The van der Waals surface area contributed by atoms with Crippen molar-refractivity contribution in [3.63, 3.8) is 0 Å². The van der Waals surface area contributed by atoms with E-state index in [4.69, 9.17) is 4.74 Å². The normalized spacial score (nSPS) is 16.1. The van der Waals surface area contributed by atoms with Crippen LogP contribution in [-0.4, -0.2) is 41.6 Å². The molecule has 2 aromatic carbocycles. The molecule has 7 heteroatoms. The number of anilines is 2. The smallest absolute Gasteiger partial charge is 0.228 e. The Morgan fingerprint density at radius 2 is 1.87 bits per heavy atom. The Morgan fingerprint density at radius 1 is 1.10 bits per heavy atom. The maximum Gasteiger partial charge on any atom is 0.228 e. The zero-order chi connectivity index (χ0) is 20.5. The van der Waals surface area contributed by atoms with Gasteiger partial charge in [0.1, 0.15) is 5.75 Å². The first-order chi connectivity index (χ1) is 14.7. The van der Waals surface area contributed by atoms with E-state index in [1.807, 2.05) is 30.3 Å². The van der Waals surface area contributed by atoms with Crippen LogP contribution >= 0.6 is 0 Å². The van der Waals surface area contributed by atoms with Gasteiger partial charge in [0.05, 0.1) is 5.52 Å². The number of Topliss-reactive ketones (excluding diaryl/α,β-unsaturated/α-hetero) is 1. The predicted octanol–water partition coefficient (Wildman–Crippen LogP) is 3.77. The van der Waals surface area contributed by atoms with Crippen molar-refractivity contribution in [2.24, 2.45) is 5.92 Å². The van der Waals surface area contributed by atoms with Crippen molar-refractivity contribution in [3.05, 3.63) is 48.0 Å². The quantitative estimate of drug-likeness (QED) is 0.585. The molecule has 1 saturated carbocycles. The molecule has 5 rings (SSSR count). The van der Waals surface area contributed by atoms with Crippen LogP contribution in [0.5, 0.6) is 5.75 Å². The molecular weight excluding hydrogens is 380 g/mol.